The number of ether oxygens (including phenoxy) is 1. The summed E-state index contributed by atoms with van der Waals surface area (Å²) in [5.74, 6) is -0.148. The average molecular weight is 388 g/mol. The molecule has 1 fully saturated rings. The van der Waals surface area contributed by atoms with Crippen LogP contribution in [-0.4, -0.2) is 48.2 Å². The Morgan fingerprint density at radius 2 is 1.93 bits per heavy atom. The Balaban J connectivity index is 1.92. The van der Waals surface area contributed by atoms with E-state index in [1.54, 1.807) is 11.3 Å². The normalized spacial score (nSPS) is 16.1. The maximum absolute atomic E-state index is 11.7. The first-order valence-electron chi connectivity index (χ1n) is 9.59. The Bertz CT molecular complexity index is 876. The second-order valence-electron chi connectivity index (χ2n) is 7.20. The first kappa shape index (κ1) is 20.0. The third kappa shape index (κ3) is 4.94. The maximum atomic E-state index is 11.7. The van der Waals surface area contributed by atoms with Gasteiger partial charge in [-0.3, -0.25) is 9.69 Å². The van der Waals surface area contributed by atoms with Crippen LogP contribution in [0.5, 0.6) is 0 Å². The van der Waals surface area contributed by atoms with E-state index in [1.807, 2.05) is 0 Å². The van der Waals surface area contributed by atoms with Crippen molar-refractivity contribution in [2.45, 2.75) is 40.7 Å². The van der Waals surface area contributed by atoms with Gasteiger partial charge in [-0.05, 0) is 32.8 Å². The zero-order valence-corrected chi connectivity index (χ0v) is 17.6. The number of hydrogen-bond acceptors (Lipinski definition) is 4. The number of carbonyl (C=O) groups is 1. The Morgan fingerprint density at radius 1 is 1.19 bits per heavy atom. The molecule has 1 aromatic carbocycles. The number of benzene rings is 1. The molecule has 0 aliphatic carbocycles. The van der Waals surface area contributed by atoms with Crippen molar-refractivity contribution in [1.29, 1.82) is 0 Å². The summed E-state index contributed by atoms with van der Waals surface area (Å²) in [5.41, 5.74) is 4.94. The first-order chi connectivity index (χ1) is 13.0. The standard InChI is InChI=1S/C21H29N3O2S/c1-15-6-7-19(16(2)14-15)20-17(3)27-21(22-18(4)25)24(20)9-5-8-23-10-12-26-13-11-23/h6-7,14H,5,8-13H2,1-4H3. The molecule has 0 saturated carbocycles. The van der Waals surface area contributed by atoms with Crippen LogP contribution in [0.25, 0.3) is 11.3 Å². The van der Waals surface area contributed by atoms with E-state index in [0.717, 1.165) is 50.6 Å². The average Bonchev–Trinajstić information content (AvgIpc) is 2.91. The highest BCUT2D eigenvalue weighted by molar-refractivity contribution is 7.09. The molecule has 5 nitrogen and oxygen atoms in total. The lowest BCUT2D eigenvalue weighted by atomic mass is 10.0. The third-order valence-electron chi connectivity index (χ3n) is 4.93. The molecule has 2 heterocycles. The predicted molar refractivity (Wildman–Crippen MR) is 110 cm³/mol. The van der Waals surface area contributed by atoms with Crippen molar-refractivity contribution in [3.8, 4) is 11.3 Å². The Morgan fingerprint density at radius 3 is 2.59 bits per heavy atom. The SMILES string of the molecule is CC(=O)N=c1sc(C)c(-c2ccc(C)cc2C)n1CCCN1CCOCC1. The molecule has 0 bridgehead atoms. The summed E-state index contributed by atoms with van der Waals surface area (Å²) >= 11 is 1.60. The van der Waals surface area contributed by atoms with Gasteiger partial charge in [0.05, 0.1) is 18.9 Å². The fourth-order valence-corrected chi connectivity index (χ4v) is 4.70. The Labute approximate surface area is 165 Å². The second-order valence-corrected chi connectivity index (χ2v) is 8.38. The van der Waals surface area contributed by atoms with Gasteiger partial charge in [-0.15, -0.1) is 11.3 Å². The first-order valence-corrected chi connectivity index (χ1v) is 10.4. The summed E-state index contributed by atoms with van der Waals surface area (Å²) in [4.78, 5) is 20.4. The van der Waals surface area contributed by atoms with Gasteiger partial charge in [0, 0.05) is 43.5 Å². The minimum absolute atomic E-state index is 0.148. The predicted octanol–water partition coefficient (Wildman–Crippen LogP) is 3.31. The number of amides is 1. The van der Waals surface area contributed by atoms with Crippen LogP contribution in [0.1, 0.15) is 29.3 Å². The zero-order chi connectivity index (χ0) is 19.4. The van der Waals surface area contributed by atoms with Crippen LogP contribution in [0.4, 0.5) is 0 Å². The number of aromatic nitrogens is 1. The monoisotopic (exact) mass is 387 g/mol. The van der Waals surface area contributed by atoms with Crippen LogP contribution in [-0.2, 0) is 16.1 Å². The molecule has 1 aliphatic rings. The molecule has 1 aliphatic heterocycles. The highest BCUT2D eigenvalue weighted by atomic mass is 32.1. The zero-order valence-electron chi connectivity index (χ0n) is 16.7. The van der Waals surface area contributed by atoms with Gasteiger partial charge in [0.1, 0.15) is 0 Å². The quantitative estimate of drug-likeness (QED) is 0.791. The van der Waals surface area contributed by atoms with Gasteiger partial charge >= 0.3 is 0 Å². The highest BCUT2D eigenvalue weighted by Gasteiger charge is 2.16. The number of rotatable bonds is 5. The topological polar surface area (TPSA) is 46.8 Å². The molecular weight excluding hydrogens is 358 g/mol. The van der Waals surface area contributed by atoms with E-state index in [-0.39, 0.29) is 5.91 Å². The smallest absolute Gasteiger partial charge is 0.245 e. The van der Waals surface area contributed by atoms with Crippen LogP contribution in [0, 0.1) is 20.8 Å². The molecular formula is C21H29N3O2S. The van der Waals surface area contributed by atoms with E-state index in [4.69, 9.17) is 4.74 Å². The summed E-state index contributed by atoms with van der Waals surface area (Å²) < 4.78 is 7.67. The second kappa shape index (κ2) is 8.95. The number of aryl methyl sites for hydroxylation is 3. The molecule has 27 heavy (non-hydrogen) atoms. The van der Waals surface area contributed by atoms with Crippen molar-refractivity contribution in [2.75, 3.05) is 32.8 Å². The van der Waals surface area contributed by atoms with E-state index in [9.17, 15) is 4.79 Å². The van der Waals surface area contributed by atoms with E-state index >= 15 is 0 Å². The summed E-state index contributed by atoms with van der Waals surface area (Å²) in [6, 6.07) is 6.56. The lowest BCUT2D eigenvalue weighted by Crippen LogP contribution is -2.37. The lowest BCUT2D eigenvalue weighted by Gasteiger charge is -2.26. The maximum Gasteiger partial charge on any atom is 0.245 e. The molecule has 0 N–H and O–H groups in total. The van der Waals surface area contributed by atoms with Gasteiger partial charge < -0.3 is 9.30 Å². The van der Waals surface area contributed by atoms with Gasteiger partial charge in [0.15, 0.2) is 4.80 Å². The number of carbonyl (C=O) groups excluding carboxylic acids is 1. The molecule has 3 rings (SSSR count). The molecule has 0 unspecified atom stereocenters. The number of morpholine rings is 1. The van der Waals surface area contributed by atoms with E-state index in [0.29, 0.717) is 0 Å². The highest BCUT2D eigenvalue weighted by Crippen LogP contribution is 2.29. The fourth-order valence-electron chi connectivity index (χ4n) is 3.64. The number of thiazole rings is 1. The summed E-state index contributed by atoms with van der Waals surface area (Å²) in [7, 11) is 0. The molecule has 146 valence electrons. The van der Waals surface area contributed by atoms with E-state index < -0.39 is 0 Å². The van der Waals surface area contributed by atoms with Crippen LogP contribution >= 0.6 is 11.3 Å². The molecule has 6 heteroatoms. The van der Waals surface area contributed by atoms with Gasteiger partial charge in [0.25, 0.3) is 0 Å². The fraction of sp³-hybridized carbons (Fsp3) is 0.524. The van der Waals surface area contributed by atoms with Crippen molar-refractivity contribution in [3.05, 3.63) is 39.0 Å². The number of nitrogens with zero attached hydrogens (tertiary/aromatic N) is 3. The van der Waals surface area contributed by atoms with Crippen molar-refractivity contribution in [1.82, 2.24) is 9.47 Å². The lowest BCUT2D eigenvalue weighted by molar-refractivity contribution is -0.116. The van der Waals surface area contributed by atoms with Gasteiger partial charge in [0.2, 0.25) is 5.91 Å². The molecule has 0 radical (unpaired) electrons. The molecule has 1 amide bonds. The Hall–Kier alpha value is -1.76. The summed E-state index contributed by atoms with van der Waals surface area (Å²) in [5, 5.41) is 0. The molecule has 1 aromatic heterocycles. The van der Waals surface area contributed by atoms with Gasteiger partial charge in [-0.25, -0.2) is 0 Å². The van der Waals surface area contributed by atoms with Crippen molar-refractivity contribution in [2.24, 2.45) is 4.99 Å². The minimum atomic E-state index is -0.148. The molecule has 0 atom stereocenters. The molecule has 1 saturated heterocycles. The number of hydrogen-bond donors (Lipinski definition) is 0. The summed E-state index contributed by atoms with van der Waals surface area (Å²) in [6.45, 7) is 13.5. The van der Waals surface area contributed by atoms with Crippen molar-refractivity contribution < 1.29 is 9.53 Å². The van der Waals surface area contributed by atoms with Crippen LogP contribution in [0.2, 0.25) is 0 Å². The van der Waals surface area contributed by atoms with Crippen LogP contribution in [0.15, 0.2) is 23.2 Å². The van der Waals surface area contributed by atoms with Gasteiger partial charge in [-0.1, -0.05) is 23.8 Å². The van der Waals surface area contributed by atoms with E-state index in [1.165, 1.54) is 34.2 Å². The van der Waals surface area contributed by atoms with Crippen molar-refractivity contribution in [3.63, 3.8) is 0 Å². The van der Waals surface area contributed by atoms with Crippen LogP contribution in [0.3, 0.4) is 0 Å². The van der Waals surface area contributed by atoms with Gasteiger partial charge in [-0.2, -0.15) is 4.99 Å². The Kier molecular flexibility index (Phi) is 6.63. The van der Waals surface area contributed by atoms with E-state index in [2.05, 4.69) is 53.4 Å². The molecule has 0 spiro atoms. The van der Waals surface area contributed by atoms with Crippen molar-refractivity contribution >= 4 is 17.2 Å². The largest absolute Gasteiger partial charge is 0.379 e. The summed E-state index contributed by atoms with van der Waals surface area (Å²) in [6.07, 6.45) is 1.03. The minimum Gasteiger partial charge on any atom is -0.379 e. The third-order valence-corrected chi connectivity index (χ3v) is 5.92. The molecule has 2 aromatic rings. The van der Waals surface area contributed by atoms with Crippen LogP contribution < -0.4 is 4.80 Å².